The van der Waals surface area contributed by atoms with E-state index in [-0.39, 0.29) is 18.4 Å². The van der Waals surface area contributed by atoms with Crippen LogP contribution in [-0.4, -0.2) is 21.4 Å². The van der Waals surface area contributed by atoms with Crippen molar-refractivity contribution in [1.29, 1.82) is 0 Å². The third kappa shape index (κ3) is 3.54. The summed E-state index contributed by atoms with van der Waals surface area (Å²) in [6, 6.07) is 13.6. The van der Waals surface area contributed by atoms with Crippen molar-refractivity contribution in [3.05, 3.63) is 54.2 Å². The summed E-state index contributed by atoms with van der Waals surface area (Å²) in [5.41, 5.74) is 3.67. The lowest BCUT2D eigenvalue weighted by molar-refractivity contribution is -0.116. The van der Waals surface area contributed by atoms with Crippen molar-refractivity contribution < 1.29 is 9.59 Å². The Morgan fingerprint density at radius 2 is 2.00 bits per heavy atom. The monoisotopic (exact) mass is 378 g/mol. The van der Waals surface area contributed by atoms with Crippen LogP contribution in [-0.2, 0) is 16.1 Å². The zero-order valence-corrected chi connectivity index (χ0v) is 15.8. The van der Waals surface area contributed by atoms with Crippen LogP contribution >= 0.6 is 11.3 Å². The number of carbonyl (C=O) groups is 2. The van der Waals surface area contributed by atoms with Crippen LogP contribution in [0.5, 0.6) is 0 Å². The number of nitrogens with zero attached hydrogens (tertiary/aromatic N) is 2. The predicted octanol–water partition coefficient (Wildman–Crippen LogP) is 4.16. The fourth-order valence-electron chi connectivity index (χ4n) is 3.06. The predicted molar refractivity (Wildman–Crippen MR) is 109 cm³/mol. The highest BCUT2D eigenvalue weighted by atomic mass is 32.1. The van der Waals surface area contributed by atoms with Gasteiger partial charge >= 0.3 is 0 Å². The second-order valence-corrected chi connectivity index (χ2v) is 7.43. The van der Waals surface area contributed by atoms with Crippen LogP contribution < -0.4 is 10.6 Å². The average Bonchev–Trinajstić information content (AvgIpc) is 3.18. The summed E-state index contributed by atoms with van der Waals surface area (Å²) in [6.45, 7) is 3.68. The van der Waals surface area contributed by atoms with Crippen LogP contribution in [0.3, 0.4) is 0 Å². The number of hydrogen-bond donors (Lipinski definition) is 2. The maximum atomic E-state index is 12.5. The molecular weight excluding hydrogens is 360 g/mol. The number of amides is 2. The zero-order chi connectivity index (χ0) is 19.0. The van der Waals surface area contributed by atoms with Gasteiger partial charge in [0.25, 0.3) is 0 Å². The summed E-state index contributed by atoms with van der Waals surface area (Å²) < 4.78 is 2.91. The molecule has 2 amide bonds. The molecule has 6 nitrogen and oxygen atoms in total. The highest BCUT2D eigenvalue weighted by molar-refractivity contribution is 7.22. The van der Waals surface area contributed by atoms with Gasteiger partial charge in [-0.15, -0.1) is 0 Å². The molecule has 0 spiro atoms. The van der Waals surface area contributed by atoms with Gasteiger partial charge in [0.1, 0.15) is 6.54 Å². The van der Waals surface area contributed by atoms with Gasteiger partial charge in [0.05, 0.1) is 21.4 Å². The molecular formula is C20H18N4O2S. The van der Waals surface area contributed by atoms with E-state index in [4.69, 9.17) is 0 Å². The normalized spacial score (nSPS) is 11.0. The molecule has 2 aromatic carbocycles. The lowest BCUT2D eigenvalue weighted by Crippen LogP contribution is -2.18. The van der Waals surface area contributed by atoms with Gasteiger partial charge in [-0.25, -0.2) is 4.98 Å². The molecule has 2 N–H and O–H groups in total. The summed E-state index contributed by atoms with van der Waals surface area (Å²) in [7, 11) is 0. The highest BCUT2D eigenvalue weighted by Crippen LogP contribution is 2.27. The van der Waals surface area contributed by atoms with Crippen molar-refractivity contribution >= 4 is 55.1 Å². The number of aryl methyl sites for hydroxylation is 1. The number of benzene rings is 2. The van der Waals surface area contributed by atoms with Crippen LogP contribution in [0.1, 0.15) is 12.5 Å². The topological polar surface area (TPSA) is 76.0 Å². The molecule has 0 aliphatic heterocycles. The minimum Gasteiger partial charge on any atom is -0.338 e. The smallest absolute Gasteiger partial charge is 0.246 e. The van der Waals surface area contributed by atoms with Gasteiger partial charge in [-0.2, -0.15) is 0 Å². The number of thiazole rings is 1. The number of anilines is 2. The largest absolute Gasteiger partial charge is 0.338 e. The van der Waals surface area contributed by atoms with Crippen molar-refractivity contribution in [2.75, 3.05) is 10.6 Å². The minimum atomic E-state index is -0.145. The number of fused-ring (bicyclic) bond motifs is 2. The van der Waals surface area contributed by atoms with Gasteiger partial charge in [-0.3, -0.25) is 9.59 Å². The van der Waals surface area contributed by atoms with Crippen molar-refractivity contribution in [2.45, 2.75) is 20.4 Å². The van der Waals surface area contributed by atoms with Crippen molar-refractivity contribution in [1.82, 2.24) is 9.55 Å². The van der Waals surface area contributed by atoms with E-state index in [9.17, 15) is 9.59 Å². The molecule has 0 unspecified atom stereocenters. The quantitative estimate of drug-likeness (QED) is 0.560. The fourth-order valence-corrected chi connectivity index (χ4v) is 4.04. The van der Waals surface area contributed by atoms with E-state index in [1.165, 1.54) is 18.3 Å². The maximum Gasteiger partial charge on any atom is 0.246 e. The van der Waals surface area contributed by atoms with E-state index in [1.807, 2.05) is 54.1 Å². The van der Waals surface area contributed by atoms with E-state index < -0.39 is 0 Å². The molecule has 0 fully saturated rings. The number of carbonyl (C=O) groups excluding carboxylic acids is 2. The molecule has 0 aliphatic carbocycles. The van der Waals surface area contributed by atoms with Gasteiger partial charge in [0.15, 0.2) is 5.13 Å². The summed E-state index contributed by atoms with van der Waals surface area (Å²) in [4.78, 5) is 28.3. The molecule has 0 bridgehead atoms. The second kappa shape index (κ2) is 6.85. The molecule has 4 aromatic rings. The summed E-state index contributed by atoms with van der Waals surface area (Å²) in [5, 5.41) is 7.18. The highest BCUT2D eigenvalue weighted by Gasteiger charge is 2.12. The molecule has 0 saturated heterocycles. The van der Waals surface area contributed by atoms with Crippen LogP contribution in [0.25, 0.3) is 21.1 Å². The lowest BCUT2D eigenvalue weighted by atomic mass is 10.2. The van der Waals surface area contributed by atoms with Crippen LogP contribution in [0.4, 0.5) is 10.8 Å². The van der Waals surface area contributed by atoms with Crippen molar-refractivity contribution in [2.24, 2.45) is 0 Å². The van der Waals surface area contributed by atoms with Crippen LogP contribution in [0, 0.1) is 6.92 Å². The summed E-state index contributed by atoms with van der Waals surface area (Å²) >= 11 is 1.47. The zero-order valence-electron chi connectivity index (χ0n) is 14.9. The van der Waals surface area contributed by atoms with Gasteiger partial charge in [0.2, 0.25) is 11.8 Å². The van der Waals surface area contributed by atoms with Crippen molar-refractivity contribution in [3.8, 4) is 0 Å². The Labute approximate surface area is 159 Å². The molecule has 0 aliphatic rings. The Morgan fingerprint density at radius 3 is 2.81 bits per heavy atom. The SMILES string of the molecule is CC(=O)Nc1cccc2c1ccn2CC(=O)Nc1nc2ccc(C)cc2s1. The molecule has 27 heavy (non-hydrogen) atoms. The number of hydrogen-bond acceptors (Lipinski definition) is 4. The third-order valence-electron chi connectivity index (χ3n) is 4.23. The minimum absolute atomic E-state index is 0.126. The van der Waals surface area contributed by atoms with Crippen molar-refractivity contribution in [3.63, 3.8) is 0 Å². The first-order chi connectivity index (χ1) is 13.0. The number of nitrogens with one attached hydrogen (secondary N) is 2. The first-order valence-corrected chi connectivity index (χ1v) is 9.34. The molecule has 0 radical (unpaired) electrons. The van der Waals surface area contributed by atoms with Gasteiger partial charge in [-0.05, 0) is 42.8 Å². The first-order valence-electron chi connectivity index (χ1n) is 8.52. The van der Waals surface area contributed by atoms with Gasteiger partial charge in [-0.1, -0.05) is 23.5 Å². The van der Waals surface area contributed by atoms with E-state index in [0.29, 0.717) is 5.13 Å². The maximum absolute atomic E-state index is 12.5. The van der Waals surface area contributed by atoms with E-state index in [1.54, 1.807) is 0 Å². The summed E-state index contributed by atoms with van der Waals surface area (Å²) in [5.74, 6) is -0.271. The standard InChI is InChI=1S/C20H18N4O2S/c1-12-6-7-16-18(10-12)27-20(22-16)23-19(26)11-24-9-8-14-15(21-13(2)25)4-3-5-17(14)24/h3-10H,11H2,1-2H3,(H,21,25)(H,22,23,26). The Balaban J connectivity index is 1.54. The Hall–Kier alpha value is -3.19. The second-order valence-electron chi connectivity index (χ2n) is 6.40. The van der Waals surface area contributed by atoms with E-state index in [2.05, 4.69) is 21.7 Å². The van der Waals surface area contributed by atoms with Crippen LogP contribution in [0.15, 0.2) is 48.7 Å². The Morgan fingerprint density at radius 1 is 1.15 bits per heavy atom. The molecule has 7 heteroatoms. The van der Waals surface area contributed by atoms with Gasteiger partial charge in [0, 0.05) is 18.5 Å². The first kappa shape index (κ1) is 17.2. The Bertz CT molecular complexity index is 1180. The average molecular weight is 378 g/mol. The van der Waals surface area contributed by atoms with E-state index in [0.717, 1.165) is 32.4 Å². The number of aromatic nitrogens is 2. The van der Waals surface area contributed by atoms with Crippen LogP contribution in [0.2, 0.25) is 0 Å². The lowest BCUT2D eigenvalue weighted by Gasteiger charge is -2.07. The molecule has 0 saturated carbocycles. The molecule has 2 heterocycles. The fraction of sp³-hybridized carbons (Fsp3) is 0.150. The molecule has 4 rings (SSSR count). The van der Waals surface area contributed by atoms with E-state index >= 15 is 0 Å². The number of rotatable bonds is 4. The molecule has 2 aromatic heterocycles. The van der Waals surface area contributed by atoms with Gasteiger partial charge < -0.3 is 15.2 Å². The molecule has 136 valence electrons. The molecule has 0 atom stereocenters. The summed E-state index contributed by atoms with van der Waals surface area (Å²) in [6.07, 6.45) is 1.84. The Kier molecular flexibility index (Phi) is 4.37. The third-order valence-corrected chi connectivity index (χ3v) is 5.16.